The van der Waals surface area contributed by atoms with Gasteiger partial charge in [0.25, 0.3) is 0 Å². The van der Waals surface area contributed by atoms with E-state index in [0.717, 1.165) is 6.42 Å². The third-order valence-electron chi connectivity index (χ3n) is 3.27. The molecule has 0 atom stereocenters. The molecule has 0 bridgehead atoms. The minimum atomic E-state index is -1.17. The van der Waals surface area contributed by atoms with E-state index in [4.69, 9.17) is 5.11 Å². The van der Waals surface area contributed by atoms with E-state index < -0.39 is 23.4 Å². The van der Waals surface area contributed by atoms with E-state index in [1.165, 1.54) is 12.1 Å². The van der Waals surface area contributed by atoms with Gasteiger partial charge in [0, 0.05) is 5.69 Å². The van der Waals surface area contributed by atoms with Crippen molar-refractivity contribution in [3.63, 3.8) is 0 Å². The van der Waals surface area contributed by atoms with Gasteiger partial charge in [0.2, 0.25) is 0 Å². The molecule has 19 heavy (non-hydrogen) atoms. The molecule has 6 heteroatoms. The SMILES string of the molecule is Cc1cc(F)cc(NC(=O)NC2(C(=O)O)CCC2)c1. The van der Waals surface area contributed by atoms with Crippen molar-refractivity contribution in [2.75, 3.05) is 5.32 Å². The third kappa shape index (κ3) is 2.83. The van der Waals surface area contributed by atoms with Crippen molar-refractivity contribution < 1.29 is 19.1 Å². The molecular weight excluding hydrogens is 251 g/mol. The zero-order valence-electron chi connectivity index (χ0n) is 10.5. The second kappa shape index (κ2) is 4.87. The lowest BCUT2D eigenvalue weighted by Crippen LogP contribution is -2.60. The highest BCUT2D eigenvalue weighted by Gasteiger charge is 2.45. The third-order valence-corrected chi connectivity index (χ3v) is 3.27. The lowest BCUT2D eigenvalue weighted by Gasteiger charge is -2.38. The number of halogens is 1. The van der Waals surface area contributed by atoms with Gasteiger partial charge in [0.1, 0.15) is 11.4 Å². The molecule has 0 heterocycles. The van der Waals surface area contributed by atoms with Crippen molar-refractivity contribution in [2.24, 2.45) is 0 Å². The quantitative estimate of drug-likeness (QED) is 0.785. The van der Waals surface area contributed by atoms with Crippen molar-refractivity contribution in [3.8, 4) is 0 Å². The first-order valence-corrected chi connectivity index (χ1v) is 6.01. The summed E-state index contributed by atoms with van der Waals surface area (Å²) in [4.78, 5) is 22.8. The first-order valence-electron chi connectivity index (χ1n) is 6.01. The molecule has 3 N–H and O–H groups in total. The number of nitrogens with one attached hydrogen (secondary N) is 2. The van der Waals surface area contributed by atoms with Gasteiger partial charge in [0.05, 0.1) is 0 Å². The number of rotatable bonds is 3. The van der Waals surface area contributed by atoms with Crippen molar-refractivity contribution >= 4 is 17.7 Å². The van der Waals surface area contributed by atoms with Crippen LogP contribution in [-0.4, -0.2) is 22.6 Å². The van der Waals surface area contributed by atoms with E-state index in [0.29, 0.717) is 24.1 Å². The van der Waals surface area contributed by atoms with Crippen molar-refractivity contribution in [2.45, 2.75) is 31.7 Å². The van der Waals surface area contributed by atoms with Gasteiger partial charge in [-0.25, -0.2) is 14.0 Å². The van der Waals surface area contributed by atoms with Crippen molar-refractivity contribution in [1.82, 2.24) is 5.32 Å². The molecule has 0 unspecified atom stereocenters. The van der Waals surface area contributed by atoms with E-state index in [9.17, 15) is 14.0 Å². The standard InChI is InChI=1S/C13H15FN2O3/c1-8-5-9(14)7-10(6-8)15-12(19)16-13(11(17)18)3-2-4-13/h5-7H,2-4H2,1H3,(H,17,18)(H2,15,16,19). The summed E-state index contributed by atoms with van der Waals surface area (Å²) in [6.07, 6.45) is 1.60. The van der Waals surface area contributed by atoms with E-state index in [1.54, 1.807) is 13.0 Å². The van der Waals surface area contributed by atoms with E-state index in [-0.39, 0.29) is 0 Å². The Labute approximate surface area is 109 Å². The number of carbonyl (C=O) groups is 2. The lowest BCUT2D eigenvalue weighted by atomic mass is 9.77. The van der Waals surface area contributed by atoms with Crippen LogP contribution in [0.4, 0.5) is 14.9 Å². The number of aryl methyl sites for hydroxylation is 1. The minimum Gasteiger partial charge on any atom is -0.480 e. The van der Waals surface area contributed by atoms with E-state index in [2.05, 4.69) is 10.6 Å². The number of carbonyl (C=O) groups excluding carboxylic acids is 1. The Morgan fingerprint density at radius 1 is 1.32 bits per heavy atom. The normalized spacial score (nSPS) is 16.3. The summed E-state index contributed by atoms with van der Waals surface area (Å²) < 4.78 is 13.2. The molecule has 0 saturated heterocycles. The van der Waals surface area contributed by atoms with Crippen LogP contribution >= 0.6 is 0 Å². The molecule has 2 rings (SSSR count). The summed E-state index contributed by atoms with van der Waals surface area (Å²) >= 11 is 0. The Morgan fingerprint density at radius 2 is 2.00 bits per heavy atom. The first kappa shape index (κ1) is 13.3. The summed E-state index contributed by atoms with van der Waals surface area (Å²) in [5.74, 6) is -1.49. The number of urea groups is 1. The van der Waals surface area contributed by atoms with Gasteiger partial charge < -0.3 is 15.7 Å². The Bertz CT molecular complexity index is 506. The fraction of sp³-hybridized carbons (Fsp3) is 0.385. The second-order valence-corrected chi connectivity index (χ2v) is 4.84. The lowest BCUT2D eigenvalue weighted by molar-refractivity contribution is -0.148. The van der Waals surface area contributed by atoms with E-state index >= 15 is 0 Å². The van der Waals surface area contributed by atoms with Gasteiger partial charge in [-0.3, -0.25) is 0 Å². The summed E-state index contributed by atoms with van der Waals surface area (Å²) in [6, 6.07) is 3.50. The number of hydrogen-bond acceptors (Lipinski definition) is 2. The fourth-order valence-corrected chi connectivity index (χ4v) is 2.11. The molecule has 2 amide bonds. The van der Waals surface area contributed by atoms with Crippen LogP contribution in [0.2, 0.25) is 0 Å². The number of anilines is 1. The van der Waals surface area contributed by atoms with Crippen LogP contribution in [0, 0.1) is 12.7 Å². The summed E-state index contributed by atoms with van der Waals surface area (Å²) in [5, 5.41) is 14.0. The maximum absolute atomic E-state index is 13.2. The molecule has 0 aliphatic heterocycles. The number of benzene rings is 1. The predicted octanol–water partition coefficient (Wildman–Crippen LogP) is 2.26. The van der Waals surface area contributed by atoms with Gasteiger partial charge in [-0.2, -0.15) is 0 Å². The van der Waals surface area contributed by atoms with Gasteiger partial charge >= 0.3 is 12.0 Å². The highest BCUT2D eigenvalue weighted by Crippen LogP contribution is 2.32. The maximum atomic E-state index is 13.2. The smallest absolute Gasteiger partial charge is 0.329 e. The van der Waals surface area contributed by atoms with Gasteiger partial charge in [-0.15, -0.1) is 0 Å². The van der Waals surface area contributed by atoms with Gasteiger partial charge in [0.15, 0.2) is 0 Å². The van der Waals surface area contributed by atoms with Crippen LogP contribution in [0.3, 0.4) is 0 Å². The predicted molar refractivity (Wildman–Crippen MR) is 67.5 cm³/mol. The molecule has 1 fully saturated rings. The van der Waals surface area contributed by atoms with Crippen LogP contribution in [0.25, 0.3) is 0 Å². The Morgan fingerprint density at radius 3 is 2.47 bits per heavy atom. The zero-order chi connectivity index (χ0) is 14.0. The summed E-state index contributed by atoms with van der Waals surface area (Å²) in [5.41, 5.74) is -0.200. The first-order chi connectivity index (χ1) is 8.91. The minimum absolute atomic E-state index is 0.301. The molecule has 0 radical (unpaired) electrons. The monoisotopic (exact) mass is 266 g/mol. The molecule has 1 saturated carbocycles. The summed E-state index contributed by atoms with van der Waals surface area (Å²) in [7, 11) is 0. The number of carboxylic acid groups (broad SMARTS) is 1. The zero-order valence-corrected chi connectivity index (χ0v) is 10.5. The number of amides is 2. The fourth-order valence-electron chi connectivity index (χ4n) is 2.11. The number of carboxylic acids is 1. The van der Waals surface area contributed by atoms with Crippen LogP contribution in [0.1, 0.15) is 24.8 Å². The molecule has 5 nitrogen and oxygen atoms in total. The molecule has 1 aromatic rings. The molecule has 102 valence electrons. The van der Waals surface area contributed by atoms with Crippen LogP contribution in [-0.2, 0) is 4.79 Å². The topological polar surface area (TPSA) is 78.4 Å². The molecular formula is C13H15FN2O3. The molecule has 0 spiro atoms. The second-order valence-electron chi connectivity index (χ2n) is 4.84. The average molecular weight is 266 g/mol. The van der Waals surface area contributed by atoms with Crippen molar-refractivity contribution in [3.05, 3.63) is 29.6 Å². The Hall–Kier alpha value is -2.11. The van der Waals surface area contributed by atoms with Gasteiger partial charge in [-0.05, 0) is 49.9 Å². The largest absolute Gasteiger partial charge is 0.480 e. The maximum Gasteiger partial charge on any atom is 0.329 e. The molecule has 1 aliphatic carbocycles. The summed E-state index contributed by atoms with van der Waals surface area (Å²) in [6.45, 7) is 1.71. The highest BCUT2D eigenvalue weighted by molar-refractivity contribution is 5.94. The number of hydrogen-bond donors (Lipinski definition) is 3. The Balaban J connectivity index is 2.03. The van der Waals surface area contributed by atoms with Crippen LogP contribution in [0.15, 0.2) is 18.2 Å². The number of aliphatic carboxylic acids is 1. The van der Waals surface area contributed by atoms with E-state index in [1.807, 2.05) is 0 Å². The Kier molecular flexibility index (Phi) is 3.42. The highest BCUT2D eigenvalue weighted by atomic mass is 19.1. The molecule has 1 aliphatic rings. The average Bonchev–Trinajstić information content (AvgIpc) is 2.21. The van der Waals surface area contributed by atoms with Crippen molar-refractivity contribution in [1.29, 1.82) is 0 Å². The van der Waals surface area contributed by atoms with Gasteiger partial charge in [-0.1, -0.05) is 0 Å². The molecule has 1 aromatic carbocycles. The van der Waals surface area contributed by atoms with Crippen LogP contribution in [0.5, 0.6) is 0 Å². The van der Waals surface area contributed by atoms with Crippen LogP contribution < -0.4 is 10.6 Å². The molecule has 0 aromatic heterocycles.